The molecule has 1 saturated carbocycles. The molecule has 3 nitrogen and oxygen atoms in total. The first kappa shape index (κ1) is 39.0. The van der Waals surface area contributed by atoms with Gasteiger partial charge in [-0.15, -0.1) is 0 Å². The lowest BCUT2D eigenvalue weighted by Gasteiger charge is -2.45. The highest BCUT2D eigenvalue weighted by Gasteiger charge is 2.55. The first-order chi connectivity index (χ1) is 30.5. The molecule has 314 valence electrons. The Kier molecular flexibility index (Phi) is 8.64. The van der Waals surface area contributed by atoms with E-state index < -0.39 is 0 Å². The maximum Gasteiger partial charge on any atom is 0.354 e. The molecule has 3 heterocycles. The number of nitrogens with zero attached hydrogens (tertiary/aromatic N) is 2. The molecule has 2 bridgehead atoms. The van der Waals surface area contributed by atoms with E-state index in [2.05, 4.69) is 180 Å². The predicted octanol–water partition coefficient (Wildman–Crippen LogP) is 13.0. The SMILES string of the molecule is CC(C)c1cccc(C(C)C)c1-c1ccc2c(c1)C1(CCCCC1)c1cc(-c3c(C(C)C)cccc3C(C)C)cc3c1B2n1c(=O)c2c(n1-3)C1c3ccccc3C2c2ccccc21. The second-order valence-electron chi connectivity index (χ2n) is 20.9. The fraction of sp³-hybridized carbons (Fsp3) is 0.339. The minimum atomic E-state index is -0.209. The Labute approximate surface area is 374 Å². The van der Waals surface area contributed by atoms with E-state index in [9.17, 15) is 0 Å². The summed E-state index contributed by atoms with van der Waals surface area (Å²) >= 11 is 0. The van der Waals surface area contributed by atoms with Gasteiger partial charge in [0.1, 0.15) is 0 Å². The lowest BCUT2D eigenvalue weighted by molar-refractivity contribution is 0.348. The summed E-state index contributed by atoms with van der Waals surface area (Å²) in [5.74, 6) is 1.40. The number of hydrogen-bond donors (Lipinski definition) is 0. The fourth-order valence-electron chi connectivity index (χ4n) is 13.6. The van der Waals surface area contributed by atoms with E-state index in [1.165, 1.54) is 119 Å². The second-order valence-corrected chi connectivity index (χ2v) is 20.9. The van der Waals surface area contributed by atoms with Gasteiger partial charge >= 0.3 is 6.85 Å². The highest BCUT2D eigenvalue weighted by molar-refractivity contribution is 6.86. The molecule has 0 atom stereocenters. The summed E-state index contributed by atoms with van der Waals surface area (Å²) in [7, 11) is 0. The first-order valence-corrected chi connectivity index (χ1v) is 24.2. The van der Waals surface area contributed by atoms with Gasteiger partial charge in [-0.25, -0.2) is 0 Å². The molecule has 7 aromatic rings. The van der Waals surface area contributed by atoms with Gasteiger partial charge in [0.15, 0.2) is 0 Å². The van der Waals surface area contributed by atoms with Crippen molar-refractivity contribution in [2.45, 2.75) is 128 Å². The number of fused-ring (bicyclic) bond motifs is 7. The number of hydrogen-bond acceptors (Lipinski definition) is 1. The molecule has 1 fully saturated rings. The third kappa shape index (κ3) is 5.18. The van der Waals surface area contributed by atoms with Gasteiger partial charge in [0.05, 0.1) is 22.9 Å². The van der Waals surface area contributed by atoms with Gasteiger partial charge < -0.3 is 0 Å². The Morgan fingerprint density at radius 3 is 1.56 bits per heavy atom. The molecule has 0 radical (unpaired) electrons. The minimum absolute atomic E-state index is 0.0209. The van der Waals surface area contributed by atoms with Gasteiger partial charge in [-0.1, -0.05) is 184 Å². The van der Waals surface area contributed by atoms with Crippen LogP contribution in [0.15, 0.2) is 120 Å². The zero-order valence-corrected chi connectivity index (χ0v) is 38.3. The van der Waals surface area contributed by atoms with Gasteiger partial charge in [-0.05, 0) is 131 Å². The van der Waals surface area contributed by atoms with Crippen LogP contribution in [0.25, 0.3) is 27.9 Å². The van der Waals surface area contributed by atoms with Crippen LogP contribution in [0, 0.1) is 0 Å². The van der Waals surface area contributed by atoms with Crippen molar-refractivity contribution in [2.75, 3.05) is 0 Å². The number of aromatic nitrogens is 2. The van der Waals surface area contributed by atoms with Gasteiger partial charge in [0.2, 0.25) is 0 Å². The van der Waals surface area contributed by atoms with E-state index in [4.69, 9.17) is 0 Å². The van der Waals surface area contributed by atoms with Crippen LogP contribution in [-0.4, -0.2) is 16.1 Å². The zero-order valence-electron chi connectivity index (χ0n) is 38.3. The van der Waals surface area contributed by atoms with Crippen LogP contribution in [0.4, 0.5) is 0 Å². The third-order valence-corrected chi connectivity index (χ3v) is 16.3. The van der Waals surface area contributed by atoms with Crippen LogP contribution < -0.4 is 16.5 Å². The van der Waals surface area contributed by atoms with E-state index in [-0.39, 0.29) is 29.7 Å². The Morgan fingerprint density at radius 1 is 0.540 bits per heavy atom. The summed E-state index contributed by atoms with van der Waals surface area (Å²) in [6, 6.07) is 44.6. The van der Waals surface area contributed by atoms with Crippen LogP contribution in [0.1, 0.15) is 190 Å². The van der Waals surface area contributed by atoms with E-state index in [0.717, 1.165) is 18.4 Å². The average Bonchev–Trinajstić information content (AvgIpc) is 3.80. The Bertz CT molecular complexity index is 3010. The van der Waals surface area contributed by atoms with Crippen molar-refractivity contribution < 1.29 is 0 Å². The smallest absolute Gasteiger partial charge is 0.281 e. The van der Waals surface area contributed by atoms with Gasteiger partial charge in [0, 0.05) is 11.3 Å². The molecule has 6 aromatic carbocycles. The van der Waals surface area contributed by atoms with Crippen molar-refractivity contribution in [3.63, 3.8) is 0 Å². The summed E-state index contributed by atoms with van der Waals surface area (Å²) in [6.07, 6.45) is 5.90. The van der Waals surface area contributed by atoms with Gasteiger partial charge in [-0.2, -0.15) is 0 Å². The normalized spacial score (nSPS) is 18.3. The molecule has 4 heteroatoms. The molecule has 0 saturated heterocycles. The molecule has 4 aliphatic carbocycles. The van der Waals surface area contributed by atoms with Crippen molar-refractivity contribution in [2.24, 2.45) is 0 Å². The highest BCUT2D eigenvalue weighted by atomic mass is 16.1. The zero-order chi connectivity index (χ0) is 43.2. The first-order valence-electron chi connectivity index (χ1n) is 24.2. The molecule has 13 rings (SSSR count). The largest absolute Gasteiger partial charge is 0.354 e. The lowest BCUT2D eigenvalue weighted by Crippen LogP contribution is -2.60. The van der Waals surface area contributed by atoms with E-state index in [1.807, 2.05) is 0 Å². The molecule has 2 aliphatic heterocycles. The fourth-order valence-corrected chi connectivity index (χ4v) is 13.6. The van der Waals surface area contributed by atoms with Crippen molar-refractivity contribution in [3.05, 3.63) is 193 Å². The quantitative estimate of drug-likeness (QED) is 0.154. The molecular weight excluding hydrogens is 763 g/mol. The maximum absolute atomic E-state index is 16.0. The van der Waals surface area contributed by atoms with Crippen LogP contribution in [-0.2, 0) is 5.41 Å². The van der Waals surface area contributed by atoms with Crippen LogP contribution in [0.5, 0.6) is 0 Å². The number of rotatable bonds is 6. The predicted molar refractivity (Wildman–Crippen MR) is 263 cm³/mol. The molecular formula is C59H59BN2O. The molecule has 0 unspecified atom stereocenters. The molecule has 1 spiro atoms. The summed E-state index contributed by atoms with van der Waals surface area (Å²) in [4.78, 5) is 16.0. The topological polar surface area (TPSA) is 26.9 Å². The minimum Gasteiger partial charge on any atom is -0.281 e. The monoisotopic (exact) mass is 822 g/mol. The second kappa shape index (κ2) is 13.9. The lowest BCUT2D eigenvalue weighted by atomic mass is 9.40. The molecule has 1 aromatic heterocycles. The van der Waals surface area contributed by atoms with E-state index >= 15 is 4.79 Å². The van der Waals surface area contributed by atoms with Crippen molar-refractivity contribution in [3.8, 4) is 27.9 Å². The van der Waals surface area contributed by atoms with Crippen LogP contribution in [0.3, 0.4) is 0 Å². The maximum atomic E-state index is 16.0. The summed E-state index contributed by atoms with van der Waals surface area (Å²) < 4.78 is 4.72. The Balaban J connectivity index is 1.22. The van der Waals surface area contributed by atoms with Crippen LogP contribution in [0.2, 0.25) is 0 Å². The van der Waals surface area contributed by atoms with Crippen molar-refractivity contribution in [1.29, 1.82) is 0 Å². The van der Waals surface area contributed by atoms with E-state index in [1.54, 1.807) is 0 Å². The molecule has 6 aliphatic rings. The summed E-state index contributed by atoms with van der Waals surface area (Å²) in [5, 5.41) is 0. The summed E-state index contributed by atoms with van der Waals surface area (Å²) in [5.41, 5.74) is 25.3. The standard InChI is InChI=1S/C59H59BN2O/c1-33(2)39-22-16-23-40(34(3)4)51(39)37-26-27-49-47(30-37)59(28-14-9-15-29-59)48-31-38(52-41(35(5)6)24-17-25-42(52)36(7)8)32-50-56(48)60(49)62-58(63)55-53-43-18-10-12-20-45(43)54(57(55)61(50)62)46-21-13-11-19-44(46)53/h10-13,16-27,30-36,53-54H,9,14-15,28-29H2,1-8H3. The Morgan fingerprint density at radius 2 is 1.03 bits per heavy atom. The number of benzene rings is 6. The molecule has 63 heavy (non-hydrogen) atoms. The van der Waals surface area contributed by atoms with Gasteiger partial charge in [-0.3, -0.25) is 14.1 Å². The van der Waals surface area contributed by atoms with Crippen molar-refractivity contribution in [1.82, 2.24) is 9.27 Å². The van der Waals surface area contributed by atoms with E-state index in [0.29, 0.717) is 23.7 Å². The van der Waals surface area contributed by atoms with Crippen molar-refractivity contribution >= 4 is 17.8 Å². The van der Waals surface area contributed by atoms with Gasteiger partial charge in [0.25, 0.3) is 5.56 Å². The molecule has 0 N–H and O–H groups in total. The third-order valence-electron chi connectivity index (χ3n) is 16.3. The molecule has 0 amide bonds. The average molecular weight is 823 g/mol. The highest BCUT2D eigenvalue weighted by Crippen LogP contribution is 2.57. The summed E-state index contributed by atoms with van der Waals surface area (Å²) in [6.45, 7) is 18.6. The Hall–Kier alpha value is -5.61. The van der Waals surface area contributed by atoms with Crippen LogP contribution >= 0.6 is 0 Å².